The van der Waals surface area contributed by atoms with E-state index >= 15 is 0 Å². The van der Waals surface area contributed by atoms with E-state index in [2.05, 4.69) is 46.0 Å². The lowest BCUT2D eigenvalue weighted by molar-refractivity contribution is -0.146. The highest BCUT2D eigenvalue weighted by molar-refractivity contribution is 6.74. The number of carbonyl (C=O) groups is 1. The number of para-hydroxylation sites is 1. The van der Waals surface area contributed by atoms with Crippen LogP contribution in [0.2, 0.25) is 18.1 Å². The number of rotatable bonds is 11. The van der Waals surface area contributed by atoms with Gasteiger partial charge in [0.2, 0.25) is 0 Å². The van der Waals surface area contributed by atoms with Crippen LogP contribution in [0.4, 0.5) is 0 Å². The van der Waals surface area contributed by atoms with E-state index in [0.29, 0.717) is 31.1 Å². The fourth-order valence-electron chi connectivity index (χ4n) is 4.75. The highest BCUT2D eigenvalue weighted by atomic mass is 28.4. The standard InChI is InChI=1S/C31H44O6Si/c1-9-35-28(32)21-31(25-16-13-17-26(33-5)29(25)34-6)19-18-24(37-38(7,8)30(2,3)4)20-27(31)36-22-23-14-11-10-12-15-23/h10-19,24,27H,9,20-22H2,1-8H3/t24-,27-,31+/m0/s1. The van der Waals surface area contributed by atoms with Gasteiger partial charge in [-0.2, -0.15) is 0 Å². The molecular weight excluding hydrogens is 496 g/mol. The van der Waals surface area contributed by atoms with Crippen LogP contribution < -0.4 is 9.47 Å². The quantitative estimate of drug-likeness (QED) is 0.177. The SMILES string of the molecule is CCOC(=O)C[C@@]1(c2cccc(OC)c2OC)C=C[C@H](O[Si](C)(C)C(C)(C)C)C[C@@H]1OCc1ccccc1. The lowest BCUT2D eigenvalue weighted by Gasteiger charge is -2.46. The van der Waals surface area contributed by atoms with Gasteiger partial charge < -0.3 is 23.4 Å². The summed E-state index contributed by atoms with van der Waals surface area (Å²) in [5.41, 5.74) is 1.05. The first-order chi connectivity index (χ1) is 18.0. The van der Waals surface area contributed by atoms with Crippen molar-refractivity contribution in [1.82, 2.24) is 0 Å². The van der Waals surface area contributed by atoms with Crippen molar-refractivity contribution >= 4 is 14.3 Å². The normalized spacial score (nSPS) is 21.7. The van der Waals surface area contributed by atoms with Crippen molar-refractivity contribution in [2.45, 2.75) is 82.9 Å². The van der Waals surface area contributed by atoms with Gasteiger partial charge in [-0.15, -0.1) is 0 Å². The number of hydrogen-bond donors (Lipinski definition) is 0. The molecule has 7 heteroatoms. The van der Waals surface area contributed by atoms with Crippen LogP contribution in [0, 0.1) is 0 Å². The zero-order valence-corrected chi connectivity index (χ0v) is 25.2. The van der Waals surface area contributed by atoms with Crippen LogP contribution in [0.1, 0.15) is 51.7 Å². The average Bonchev–Trinajstić information content (AvgIpc) is 2.88. The fraction of sp³-hybridized carbons (Fsp3) is 0.516. The smallest absolute Gasteiger partial charge is 0.307 e. The lowest BCUT2D eigenvalue weighted by atomic mass is 9.68. The zero-order chi connectivity index (χ0) is 28.0. The van der Waals surface area contributed by atoms with E-state index in [1.54, 1.807) is 14.2 Å². The summed E-state index contributed by atoms with van der Waals surface area (Å²) in [5, 5.41) is 0.0662. The number of ether oxygens (including phenoxy) is 4. The van der Waals surface area contributed by atoms with Crippen molar-refractivity contribution in [3.05, 3.63) is 71.8 Å². The Morgan fingerprint density at radius 2 is 1.74 bits per heavy atom. The maximum Gasteiger partial charge on any atom is 0.307 e. The van der Waals surface area contributed by atoms with E-state index in [4.69, 9.17) is 23.4 Å². The van der Waals surface area contributed by atoms with Crippen LogP contribution in [0.5, 0.6) is 11.5 Å². The van der Waals surface area contributed by atoms with Crippen LogP contribution in [0.3, 0.4) is 0 Å². The van der Waals surface area contributed by atoms with Crippen LogP contribution in [-0.4, -0.2) is 47.3 Å². The van der Waals surface area contributed by atoms with Crippen molar-refractivity contribution in [3.8, 4) is 11.5 Å². The lowest BCUT2D eigenvalue weighted by Crippen LogP contribution is -2.50. The van der Waals surface area contributed by atoms with E-state index in [9.17, 15) is 4.79 Å². The number of carbonyl (C=O) groups excluding carboxylic acids is 1. The molecule has 6 nitrogen and oxygen atoms in total. The van der Waals surface area contributed by atoms with Gasteiger partial charge >= 0.3 is 5.97 Å². The molecule has 0 saturated heterocycles. The Labute approximate surface area is 229 Å². The van der Waals surface area contributed by atoms with E-state index in [-0.39, 0.29) is 29.6 Å². The topological polar surface area (TPSA) is 63.2 Å². The van der Waals surface area contributed by atoms with Crippen LogP contribution in [0.25, 0.3) is 0 Å². The van der Waals surface area contributed by atoms with Gasteiger partial charge in [0.25, 0.3) is 0 Å². The first-order valence-corrected chi connectivity index (χ1v) is 16.3. The highest BCUT2D eigenvalue weighted by Crippen LogP contribution is 2.48. The fourth-order valence-corrected chi connectivity index (χ4v) is 6.04. The van der Waals surface area contributed by atoms with Crippen molar-refractivity contribution < 1.29 is 28.2 Å². The molecule has 0 fully saturated rings. The molecule has 208 valence electrons. The van der Waals surface area contributed by atoms with Gasteiger partial charge in [0.05, 0.1) is 51.5 Å². The van der Waals surface area contributed by atoms with Gasteiger partial charge in [0.1, 0.15) is 0 Å². The second kappa shape index (κ2) is 12.5. The monoisotopic (exact) mass is 540 g/mol. The van der Waals surface area contributed by atoms with E-state index < -0.39 is 13.7 Å². The first-order valence-electron chi connectivity index (χ1n) is 13.4. The predicted molar refractivity (Wildman–Crippen MR) is 153 cm³/mol. The maximum atomic E-state index is 13.1. The van der Waals surface area contributed by atoms with Crippen LogP contribution in [0.15, 0.2) is 60.7 Å². The molecule has 0 spiro atoms. The van der Waals surface area contributed by atoms with Crippen molar-refractivity contribution in [3.63, 3.8) is 0 Å². The third-order valence-corrected chi connectivity index (χ3v) is 12.3. The molecule has 0 aliphatic heterocycles. The molecule has 0 bridgehead atoms. The molecule has 3 rings (SSSR count). The second-order valence-corrected chi connectivity index (χ2v) is 16.1. The van der Waals surface area contributed by atoms with E-state index in [1.165, 1.54) is 0 Å². The molecule has 0 aromatic heterocycles. The summed E-state index contributed by atoms with van der Waals surface area (Å²) in [6.07, 6.45) is 4.36. The van der Waals surface area contributed by atoms with Crippen molar-refractivity contribution in [2.24, 2.45) is 0 Å². The highest BCUT2D eigenvalue weighted by Gasteiger charge is 2.49. The summed E-state index contributed by atoms with van der Waals surface area (Å²) in [4.78, 5) is 13.1. The molecule has 2 aromatic carbocycles. The molecule has 0 amide bonds. The maximum absolute atomic E-state index is 13.1. The first kappa shape index (κ1) is 29.9. The number of benzene rings is 2. The second-order valence-electron chi connectivity index (χ2n) is 11.4. The molecule has 1 aliphatic carbocycles. The summed E-state index contributed by atoms with van der Waals surface area (Å²) in [5.74, 6) is 0.892. The van der Waals surface area contributed by atoms with Gasteiger partial charge in [-0.1, -0.05) is 75.4 Å². The van der Waals surface area contributed by atoms with Gasteiger partial charge in [-0.3, -0.25) is 4.79 Å². The summed E-state index contributed by atoms with van der Waals surface area (Å²) in [6, 6.07) is 15.8. The molecule has 1 aliphatic rings. The average molecular weight is 541 g/mol. The Hall–Kier alpha value is -2.61. The summed E-state index contributed by atoms with van der Waals surface area (Å²) in [7, 11) is 1.18. The minimum absolute atomic E-state index is 0.0662. The molecule has 0 heterocycles. The predicted octanol–water partition coefficient (Wildman–Crippen LogP) is 6.83. The van der Waals surface area contributed by atoms with Gasteiger partial charge in [0.15, 0.2) is 19.8 Å². The Kier molecular flexibility index (Phi) is 9.84. The largest absolute Gasteiger partial charge is 0.493 e. The Bertz CT molecular complexity index is 1090. The number of hydrogen-bond acceptors (Lipinski definition) is 6. The van der Waals surface area contributed by atoms with Crippen molar-refractivity contribution in [1.29, 1.82) is 0 Å². The molecule has 3 atom stereocenters. The van der Waals surface area contributed by atoms with Gasteiger partial charge in [-0.25, -0.2) is 0 Å². The molecule has 0 saturated carbocycles. The minimum atomic E-state index is -2.05. The Morgan fingerprint density at radius 3 is 2.34 bits per heavy atom. The molecule has 38 heavy (non-hydrogen) atoms. The van der Waals surface area contributed by atoms with Crippen molar-refractivity contribution in [2.75, 3.05) is 20.8 Å². The number of esters is 1. The molecular formula is C31H44O6Si. The Balaban J connectivity index is 2.13. The molecule has 0 N–H and O–H groups in total. The number of methoxy groups -OCH3 is 2. The summed E-state index contributed by atoms with van der Waals surface area (Å²) in [6.45, 7) is 13.8. The minimum Gasteiger partial charge on any atom is -0.493 e. The molecule has 2 aromatic rings. The van der Waals surface area contributed by atoms with E-state index in [1.807, 2.05) is 55.5 Å². The zero-order valence-electron chi connectivity index (χ0n) is 24.2. The summed E-state index contributed by atoms with van der Waals surface area (Å²) >= 11 is 0. The third-order valence-electron chi connectivity index (χ3n) is 7.82. The van der Waals surface area contributed by atoms with Crippen LogP contribution >= 0.6 is 0 Å². The Morgan fingerprint density at radius 1 is 1.03 bits per heavy atom. The third kappa shape index (κ3) is 6.68. The van der Waals surface area contributed by atoms with Gasteiger partial charge in [0, 0.05) is 12.0 Å². The van der Waals surface area contributed by atoms with Crippen LogP contribution in [-0.2, 0) is 30.7 Å². The van der Waals surface area contributed by atoms with E-state index in [0.717, 1.165) is 11.1 Å². The molecule has 0 unspecified atom stereocenters. The summed E-state index contributed by atoms with van der Waals surface area (Å²) < 4.78 is 30.5. The van der Waals surface area contributed by atoms with Gasteiger partial charge in [-0.05, 0) is 36.7 Å². The molecule has 0 radical (unpaired) electrons.